The van der Waals surface area contributed by atoms with Crippen LogP contribution in [0.5, 0.6) is 0 Å². The van der Waals surface area contributed by atoms with E-state index in [2.05, 4.69) is 17.3 Å². The fraction of sp³-hybridized carbons (Fsp3) is 0.455. The molecule has 15 heavy (non-hydrogen) atoms. The van der Waals surface area contributed by atoms with E-state index in [0.717, 1.165) is 12.2 Å². The molecule has 3 unspecified atom stereocenters. The fourth-order valence-electron chi connectivity index (χ4n) is 2.67. The fourth-order valence-corrected chi connectivity index (χ4v) is 2.67. The first kappa shape index (κ1) is 8.71. The van der Waals surface area contributed by atoms with Crippen LogP contribution in [0.2, 0.25) is 0 Å². The van der Waals surface area contributed by atoms with Gasteiger partial charge in [0, 0.05) is 12.0 Å². The second kappa shape index (κ2) is 2.95. The van der Waals surface area contributed by atoms with Crippen molar-refractivity contribution in [2.24, 2.45) is 11.8 Å². The molecule has 2 aliphatic rings. The topological polar surface area (TPSA) is 63.3 Å². The molecule has 0 aliphatic heterocycles. The highest BCUT2D eigenvalue weighted by molar-refractivity contribution is 5.85. The number of aromatic carboxylic acids is 1. The summed E-state index contributed by atoms with van der Waals surface area (Å²) >= 11 is 0. The lowest BCUT2D eigenvalue weighted by molar-refractivity contribution is 0.0685. The van der Waals surface area contributed by atoms with Gasteiger partial charge >= 0.3 is 5.97 Å². The third-order valence-corrected chi connectivity index (χ3v) is 3.39. The Hall–Kier alpha value is -1.58. The Morgan fingerprint density at radius 3 is 2.87 bits per heavy atom. The van der Waals surface area contributed by atoms with Crippen molar-refractivity contribution in [3.63, 3.8) is 0 Å². The van der Waals surface area contributed by atoms with Gasteiger partial charge in [0.1, 0.15) is 5.76 Å². The maximum Gasteiger partial charge on any atom is 0.358 e. The average molecular weight is 205 g/mol. The first-order valence-electron chi connectivity index (χ1n) is 5.12. The van der Waals surface area contributed by atoms with Crippen molar-refractivity contribution in [2.75, 3.05) is 0 Å². The number of carboxylic acid groups (broad SMARTS) is 1. The van der Waals surface area contributed by atoms with Crippen molar-refractivity contribution in [2.45, 2.75) is 18.8 Å². The van der Waals surface area contributed by atoms with E-state index in [4.69, 9.17) is 9.63 Å². The van der Waals surface area contributed by atoms with Gasteiger partial charge in [-0.3, -0.25) is 0 Å². The van der Waals surface area contributed by atoms with Gasteiger partial charge in [-0.15, -0.1) is 0 Å². The molecule has 1 N–H and O–H groups in total. The molecule has 0 aromatic carbocycles. The predicted octanol–water partition coefficient (Wildman–Crippen LogP) is 2.05. The van der Waals surface area contributed by atoms with Crippen LogP contribution in [0.25, 0.3) is 0 Å². The monoisotopic (exact) mass is 205 g/mol. The zero-order valence-electron chi connectivity index (χ0n) is 8.09. The van der Waals surface area contributed by atoms with Crippen LogP contribution in [0, 0.1) is 11.8 Å². The van der Waals surface area contributed by atoms with E-state index in [1.54, 1.807) is 6.07 Å². The number of hydrogen-bond donors (Lipinski definition) is 1. The molecule has 3 rings (SSSR count). The summed E-state index contributed by atoms with van der Waals surface area (Å²) in [6, 6.07) is 1.56. The van der Waals surface area contributed by atoms with Crippen molar-refractivity contribution < 1.29 is 14.4 Å². The molecule has 1 heterocycles. The zero-order valence-corrected chi connectivity index (χ0v) is 8.09. The molecule has 0 amide bonds. The van der Waals surface area contributed by atoms with E-state index in [-0.39, 0.29) is 5.69 Å². The van der Waals surface area contributed by atoms with Gasteiger partial charge in [-0.2, -0.15) is 0 Å². The van der Waals surface area contributed by atoms with Crippen LogP contribution in [0.3, 0.4) is 0 Å². The van der Waals surface area contributed by atoms with Crippen molar-refractivity contribution in [1.82, 2.24) is 5.16 Å². The van der Waals surface area contributed by atoms with Crippen LogP contribution in [-0.2, 0) is 0 Å². The Morgan fingerprint density at radius 1 is 1.47 bits per heavy atom. The third-order valence-electron chi connectivity index (χ3n) is 3.39. The van der Waals surface area contributed by atoms with E-state index in [1.165, 1.54) is 6.42 Å². The van der Waals surface area contributed by atoms with E-state index in [1.807, 2.05) is 0 Å². The first-order chi connectivity index (χ1) is 7.24. The third kappa shape index (κ3) is 1.28. The number of aromatic nitrogens is 1. The lowest BCUT2D eigenvalue weighted by atomic mass is 9.91. The first-order valence-corrected chi connectivity index (χ1v) is 5.12. The highest BCUT2D eigenvalue weighted by atomic mass is 16.5. The molecular weight excluding hydrogens is 194 g/mol. The molecule has 1 saturated carbocycles. The summed E-state index contributed by atoms with van der Waals surface area (Å²) in [6.07, 6.45) is 6.70. The number of hydrogen-bond acceptors (Lipinski definition) is 3. The lowest BCUT2D eigenvalue weighted by Gasteiger charge is -2.13. The van der Waals surface area contributed by atoms with Crippen LogP contribution in [0.4, 0.5) is 0 Å². The summed E-state index contributed by atoms with van der Waals surface area (Å²) in [7, 11) is 0. The molecule has 0 saturated heterocycles. The van der Waals surface area contributed by atoms with Crippen molar-refractivity contribution in [3.05, 3.63) is 29.7 Å². The molecule has 1 aromatic heterocycles. The highest BCUT2D eigenvalue weighted by Crippen LogP contribution is 2.48. The summed E-state index contributed by atoms with van der Waals surface area (Å²) in [5.74, 6) is 1.21. The summed E-state index contributed by atoms with van der Waals surface area (Å²) in [5, 5.41) is 12.3. The highest BCUT2D eigenvalue weighted by Gasteiger charge is 2.38. The molecule has 2 bridgehead atoms. The summed E-state index contributed by atoms with van der Waals surface area (Å²) in [4.78, 5) is 10.7. The van der Waals surface area contributed by atoms with E-state index >= 15 is 0 Å². The van der Waals surface area contributed by atoms with Crippen molar-refractivity contribution in [1.29, 1.82) is 0 Å². The van der Waals surface area contributed by atoms with Crippen LogP contribution < -0.4 is 0 Å². The van der Waals surface area contributed by atoms with E-state index < -0.39 is 5.97 Å². The quantitative estimate of drug-likeness (QED) is 0.750. The summed E-state index contributed by atoms with van der Waals surface area (Å²) < 4.78 is 5.10. The van der Waals surface area contributed by atoms with Crippen molar-refractivity contribution in [3.8, 4) is 0 Å². The zero-order chi connectivity index (χ0) is 10.4. The Bertz CT molecular complexity index is 435. The maximum absolute atomic E-state index is 10.7. The normalized spacial score (nSPS) is 32.4. The van der Waals surface area contributed by atoms with E-state index in [9.17, 15) is 4.79 Å². The minimum atomic E-state index is -1.02. The molecule has 0 spiro atoms. The van der Waals surface area contributed by atoms with Crippen molar-refractivity contribution >= 4 is 5.97 Å². The number of fused-ring (bicyclic) bond motifs is 2. The molecule has 3 atom stereocenters. The van der Waals surface area contributed by atoms with Crippen LogP contribution in [0.15, 0.2) is 22.7 Å². The summed E-state index contributed by atoms with van der Waals surface area (Å²) in [6.45, 7) is 0. The second-order valence-corrected chi connectivity index (χ2v) is 4.31. The maximum atomic E-state index is 10.7. The number of nitrogens with zero attached hydrogens (tertiary/aromatic N) is 1. The van der Waals surface area contributed by atoms with Gasteiger partial charge in [-0.25, -0.2) is 4.79 Å². The molecule has 4 nitrogen and oxygen atoms in total. The number of rotatable bonds is 2. The molecule has 2 aliphatic carbocycles. The minimum Gasteiger partial charge on any atom is -0.476 e. The Labute approximate surface area is 86.6 Å². The number of carbonyl (C=O) groups is 1. The van der Waals surface area contributed by atoms with Gasteiger partial charge in [0.05, 0.1) is 0 Å². The van der Waals surface area contributed by atoms with Gasteiger partial charge in [0.2, 0.25) is 0 Å². The molecule has 4 heteroatoms. The van der Waals surface area contributed by atoms with Crippen LogP contribution in [-0.4, -0.2) is 16.2 Å². The largest absolute Gasteiger partial charge is 0.476 e. The van der Waals surface area contributed by atoms with Gasteiger partial charge in [-0.05, 0) is 24.7 Å². The predicted molar refractivity (Wildman–Crippen MR) is 51.6 cm³/mol. The lowest BCUT2D eigenvalue weighted by Crippen LogP contribution is -2.03. The van der Waals surface area contributed by atoms with E-state index in [0.29, 0.717) is 17.8 Å². The second-order valence-electron chi connectivity index (χ2n) is 4.31. The SMILES string of the molecule is O=C(O)c1cc(C2CC3C=CC2C3)on1. The minimum absolute atomic E-state index is 0.0109. The standard InChI is InChI=1S/C11H11NO3/c13-11(14)9-5-10(15-12-9)8-4-6-1-2-7(8)3-6/h1-2,5-8H,3-4H2,(H,13,14). The smallest absolute Gasteiger partial charge is 0.358 e. The van der Waals surface area contributed by atoms with Gasteiger partial charge in [0.15, 0.2) is 5.69 Å². The summed E-state index contributed by atoms with van der Waals surface area (Å²) in [5.41, 5.74) is 0.0109. The number of carboxylic acids is 1. The van der Waals surface area contributed by atoms with Gasteiger partial charge in [0.25, 0.3) is 0 Å². The molecule has 0 radical (unpaired) electrons. The van der Waals surface area contributed by atoms with Gasteiger partial charge < -0.3 is 9.63 Å². The average Bonchev–Trinajstić information content (AvgIpc) is 2.93. The van der Waals surface area contributed by atoms with Crippen LogP contribution >= 0.6 is 0 Å². The molecule has 1 fully saturated rings. The number of allylic oxidation sites excluding steroid dienone is 2. The molecule has 78 valence electrons. The van der Waals surface area contributed by atoms with Gasteiger partial charge in [-0.1, -0.05) is 17.3 Å². The Balaban J connectivity index is 1.87. The Kier molecular flexibility index (Phi) is 1.71. The van der Waals surface area contributed by atoms with Crippen LogP contribution in [0.1, 0.15) is 35.0 Å². The Morgan fingerprint density at radius 2 is 2.33 bits per heavy atom. The molecular formula is C11H11NO3. The molecule has 1 aromatic rings.